The van der Waals surface area contributed by atoms with E-state index in [1.807, 2.05) is 6.07 Å². The molecule has 0 saturated carbocycles. The molecule has 0 bridgehead atoms. The van der Waals surface area contributed by atoms with Crippen molar-refractivity contribution in [3.63, 3.8) is 0 Å². The van der Waals surface area contributed by atoms with Crippen molar-refractivity contribution < 1.29 is 0 Å². The van der Waals surface area contributed by atoms with E-state index < -0.39 is 0 Å². The van der Waals surface area contributed by atoms with Gasteiger partial charge >= 0.3 is 0 Å². The van der Waals surface area contributed by atoms with Crippen molar-refractivity contribution in [1.82, 2.24) is 0 Å². The third kappa shape index (κ3) is 5.10. The van der Waals surface area contributed by atoms with Gasteiger partial charge in [0.2, 0.25) is 0 Å². The molecule has 0 fully saturated rings. The second-order valence-corrected chi connectivity index (χ2v) is 6.35. The van der Waals surface area contributed by atoms with Crippen LogP contribution in [-0.4, -0.2) is 0 Å². The number of hydrogen-bond donors (Lipinski definition) is 0. The molecule has 0 radical (unpaired) electrons. The molecule has 0 spiro atoms. The third-order valence-electron chi connectivity index (χ3n) is 4.37. The lowest BCUT2D eigenvalue weighted by atomic mass is 10.0. The minimum absolute atomic E-state index is 1.05. The zero-order chi connectivity index (χ0) is 17.3. The van der Waals surface area contributed by atoms with Gasteiger partial charge in [-0.25, -0.2) is 0 Å². The molecule has 0 aliphatic carbocycles. The molecule has 3 rings (SSSR count). The summed E-state index contributed by atoms with van der Waals surface area (Å²) in [6.07, 6.45) is 5.02. The maximum Gasteiger partial charge on any atom is 0.0249 e. The average Bonchev–Trinajstić information content (AvgIpc) is 2.69. The minimum Gasteiger partial charge on any atom is -0.0654 e. The van der Waals surface area contributed by atoms with E-state index in [-0.39, 0.29) is 0 Å². The molecule has 0 nitrogen and oxygen atoms in total. The molecule has 0 N–H and O–H groups in total. The van der Waals surface area contributed by atoms with Gasteiger partial charge in [0, 0.05) is 11.1 Å². The first-order valence-corrected chi connectivity index (χ1v) is 9.11. The van der Waals surface area contributed by atoms with Crippen molar-refractivity contribution in [2.45, 2.75) is 32.6 Å². The Morgan fingerprint density at radius 3 is 1.76 bits per heavy atom. The Labute approximate surface area is 151 Å². The van der Waals surface area contributed by atoms with Gasteiger partial charge in [-0.2, -0.15) is 0 Å². The topological polar surface area (TPSA) is 0 Å². The molecule has 0 aromatic heterocycles. The van der Waals surface area contributed by atoms with Crippen LogP contribution in [0.3, 0.4) is 0 Å². The molecular weight excluding hydrogens is 300 g/mol. The highest BCUT2D eigenvalue weighted by Crippen LogP contribution is 2.19. The van der Waals surface area contributed by atoms with Crippen molar-refractivity contribution in [3.8, 4) is 23.0 Å². The molecule has 0 saturated heterocycles. The highest BCUT2D eigenvalue weighted by molar-refractivity contribution is 5.64. The lowest BCUT2D eigenvalue weighted by molar-refractivity contribution is 0.717. The van der Waals surface area contributed by atoms with Crippen LogP contribution in [0.15, 0.2) is 78.9 Å². The van der Waals surface area contributed by atoms with Gasteiger partial charge in [0.15, 0.2) is 0 Å². The summed E-state index contributed by atoms with van der Waals surface area (Å²) >= 11 is 0. The monoisotopic (exact) mass is 324 g/mol. The molecule has 0 heteroatoms. The van der Waals surface area contributed by atoms with Gasteiger partial charge in [-0.1, -0.05) is 86.2 Å². The van der Waals surface area contributed by atoms with Gasteiger partial charge in [0.1, 0.15) is 0 Å². The normalized spacial score (nSPS) is 10.1. The predicted molar refractivity (Wildman–Crippen MR) is 108 cm³/mol. The molecule has 0 amide bonds. The predicted octanol–water partition coefficient (Wildman–Crippen LogP) is 6.49. The fourth-order valence-electron chi connectivity index (χ4n) is 2.85. The van der Waals surface area contributed by atoms with Gasteiger partial charge in [0.05, 0.1) is 0 Å². The Hall–Kier alpha value is -2.78. The van der Waals surface area contributed by atoms with Crippen LogP contribution in [0.4, 0.5) is 0 Å². The van der Waals surface area contributed by atoms with Crippen LogP contribution in [-0.2, 0) is 6.42 Å². The summed E-state index contributed by atoms with van der Waals surface area (Å²) in [4.78, 5) is 0. The summed E-state index contributed by atoms with van der Waals surface area (Å²) in [6.45, 7) is 2.24. The van der Waals surface area contributed by atoms with Gasteiger partial charge < -0.3 is 0 Å². The lowest BCUT2D eigenvalue weighted by Crippen LogP contribution is -1.85. The first kappa shape index (κ1) is 17.1. The maximum absolute atomic E-state index is 3.26. The van der Waals surface area contributed by atoms with E-state index >= 15 is 0 Å². The van der Waals surface area contributed by atoms with Crippen molar-refractivity contribution in [3.05, 3.63) is 95.6 Å². The smallest absolute Gasteiger partial charge is 0.0249 e. The number of rotatable bonds is 5. The van der Waals surface area contributed by atoms with E-state index in [1.165, 1.54) is 42.4 Å². The quantitative estimate of drug-likeness (QED) is 0.372. The Bertz CT molecular complexity index is 829. The highest BCUT2D eigenvalue weighted by Gasteiger charge is 1.96. The van der Waals surface area contributed by atoms with Gasteiger partial charge in [0.25, 0.3) is 0 Å². The van der Waals surface area contributed by atoms with Crippen LogP contribution >= 0.6 is 0 Å². The van der Waals surface area contributed by atoms with E-state index in [1.54, 1.807) is 0 Å². The zero-order valence-electron chi connectivity index (χ0n) is 14.8. The second-order valence-electron chi connectivity index (χ2n) is 6.35. The molecule has 3 aromatic carbocycles. The summed E-state index contributed by atoms with van der Waals surface area (Å²) in [5, 5.41) is 0. The van der Waals surface area contributed by atoms with Crippen LogP contribution in [0.25, 0.3) is 11.1 Å². The molecule has 3 aromatic rings. The molecular formula is C25H24. The summed E-state index contributed by atoms with van der Waals surface area (Å²) in [7, 11) is 0. The molecule has 124 valence electrons. The molecule has 25 heavy (non-hydrogen) atoms. The van der Waals surface area contributed by atoms with Crippen LogP contribution in [0.5, 0.6) is 0 Å². The average molecular weight is 324 g/mol. The first-order chi connectivity index (χ1) is 12.3. The molecule has 0 heterocycles. The Balaban J connectivity index is 1.65. The van der Waals surface area contributed by atoms with Crippen LogP contribution in [0.2, 0.25) is 0 Å². The fourth-order valence-corrected chi connectivity index (χ4v) is 2.85. The molecule has 0 unspecified atom stereocenters. The summed E-state index contributed by atoms with van der Waals surface area (Å²) in [6, 6.07) is 27.6. The van der Waals surface area contributed by atoms with Crippen LogP contribution in [0, 0.1) is 11.8 Å². The van der Waals surface area contributed by atoms with E-state index in [2.05, 4.69) is 91.6 Å². The zero-order valence-corrected chi connectivity index (χ0v) is 14.8. The van der Waals surface area contributed by atoms with Gasteiger partial charge in [-0.3, -0.25) is 0 Å². The highest BCUT2D eigenvalue weighted by atomic mass is 14.0. The van der Waals surface area contributed by atoms with Crippen molar-refractivity contribution in [2.75, 3.05) is 0 Å². The van der Waals surface area contributed by atoms with E-state index in [9.17, 15) is 0 Å². The number of unbranched alkanes of at least 4 members (excludes halogenated alkanes) is 2. The molecule has 0 aliphatic heterocycles. The fraction of sp³-hybridized carbons (Fsp3) is 0.200. The summed E-state index contributed by atoms with van der Waals surface area (Å²) < 4.78 is 0. The Kier molecular flexibility index (Phi) is 6.07. The van der Waals surface area contributed by atoms with E-state index in [0.717, 1.165) is 11.1 Å². The van der Waals surface area contributed by atoms with Crippen LogP contribution < -0.4 is 0 Å². The summed E-state index contributed by atoms with van der Waals surface area (Å²) in [5.41, 5.74) is 5.99. The Morgan fingerprint density at radius 2 is 1.16 bits per heavy atom. The second kappa shape index (κ2) is 8.90. The SMILES string of the molecule is CCCCCc1ccc(C#Cc2ccc(-c3ccccc3)cc2)cc1. The van der Waals surface area contributed by atoms with E-state index in [0.29, 0.717) is 0 Å². The first-order valence-electron chi connectivity index (χ1n) is 9.11. The maximum atomic E-state index is 3.26. The van der Waals surface area contributed by atoms with Gasteiger partial charge in [-0.05, 0) is 53.8 Å². The van der Waals surface area contributed by atoms with Crippen molar-refractivity contribution in [1.29, 1.82) is 0 Å². The summed E-state index contributed by atoms with van der Waals surface area (Å²) in [5.74, 6) is 6.53. The molecule has 0 atom stereocenters. The Morgan fingerprint density at radius 1 is 0.600 bits per heavy atom. The molecule has 0 aliphatic rings. The minimum atomic E-state index is 1.05. The van der Waals surface area contributed by atoms with Crippen molar-refractivity contribution >= 4 is 0 Å². The van der Waals surface area contributed by atoms with Crippen molar-refractivity contribution in [2.24, 2.45) is 0 Å². The van der Waals surface area contributed by atoms with E-state index in [4.69, 9.17) is 0 Å². The van der Waals surface area contributed by atoms with Crippen LogP contribution in [0.1, 0.15) is 42.9 Å². The number of aryl methyl sites for hydroxylation is 1. The van der Waals surface area contributed by atoms with Gasteiger partial charge in [-0.15, -0.1) is 0 Å². The third-order valence-corrected chi connectivity index (χ3v) is 4.37. The number of hydrogen-bond acceptors (Lipinski definition) is 0. The standard InChI is InChI=1S/C25H24/c1-2-3-5-8-21-11-13-22(14-12-21)15-16-23-17-19-25(20-18-23)24-9-6-4-7-10-24/h4,6-7,9-14,17-20H,2-3,5,8H2,1H3. The lowest BCUT2D eigenvalue weighted by Gasteiger charge is -2.01. The number of benzene rings is 3. The largest absolute Gasteiger partial charge is 0.0654 e.